The van der Waals surface area contributed by atoms with Crippen molar-refractivity contribution >= 4 is 28.6 Å². The molecule has 1 aromatic carbocycles. The van der Waals surface area contributed by atoms with Gasteiger partial charge in [-0.1, -0.05) is 6.92 Å². The van der Waals surface area contributed by atoms with Crippen molar-refractivity contribution in [3.05, 3.63) is 65.6 Å². The first-order valence-corrected chi connectivity index (χ1v) is 14.2. The number of nitrogens with zero attached hydrogens (tertiary/aromatic N) is 6. The van der Waals surface area contributed by atoms with Crippen LogP contribution in [0.4, 0.5) is 20.5 Å². The second-order valence-corrected chi connectivity index (χ2v) is 11.7. The monoisotopic (exact) mass is 559 g/mol. The number of carbonyl (C=O) groups is 1. The molecule has 8 nitrogen and oxygen atoms in total. The van der Waals surface area contributed by atoms with Gasteiger partial charge in [-0.15, -0.1) is 0 Å². The summed E-state index contributed by atoms with van der Waals surface area (Å²) in [6.45, 7) is 13.0. The van der Waals surface area contributed by atoms with E-state index in [2.05, 4.69) is 32.1 Å². The highest BCUT2D eigenvalue weighted by molar-refractivity contribution is 5.94. The SMILES string of the molecule is CCN1CCC2(CC1)CN(C(=O)c1ccc(Nc3ncc(F)c(-c4cc(F)c5cc(C)n(C(C)C)c5c4)n3)nc1)C2. The Morgan fingerprint density at radius 1 is 1.05 bits per heavy atom. The van der Waals surface area contributed by atoms with E-state index >= 15 is 4.39 Å². The number of nitrogens with one attached hydrogen (secondary N) is 1. The molecule has 4 aromatic rings. The second-order valence-electron chi connectivity index (χ2n) is 11.7. The maximum Gasteiger partial charge on any atom is 0.255 e. The van der Waals surface area contributed by atoms with Crippen molar-refractivity contribution in [2.24, 2.45) is 5.41 Å². The van der Waals surface area contributed by atoms with Crippen molar-refractivity contribution in [2.75, 3.05) is 38.0 Å². The number of benzene rings is 1. The quantitative estimate of drug-likeness (QED) is 0.314. The average molecular weight is 560 g/mol. The van der Waals surface area contributed by atoms with E-state index in [-0.39, 0.29) is 29.0 Å². The number of likely N-dealkylation sites (tertiary alicyclic amines) is 2. The fourth-order valence-electron chi connectivity index (χ4n) is 6.32. The molecule has 0 atom stereocenters. The highest BCUT2D eigenvalue weighted by Gasteiger charge is 2.46. The maximum atomic E-state index is 15.1. The molecule has 0 bridgehead atoms. The van der Waals surface area contributed by atoms with Crippen LogP contribution in [0.15, 0.2) is 42.7 Å². The molecule has 2 saturated heterocycles. The summed E-state index contributed by atoms with van der Waals surface area (Å²) >= 11 is 0. The number of pyridine rings is 1. The highest BCUT2D eigenvalue weighted by Crippen LogP contribution is 2.41. The van der Waals surface area contributed by atoms with E-state index in [0.29, 0.717) is 27.8 Å². The molecular weight excluding hydrogens is 524 g/mol. The first kappa shape index (κ1) is 27.3. The molecule has 1 amide bonds. The van der Waals surface area contributed by atoms with Gasteiger partial charge in [0.05, 0.1) is 17.3 Å². The Hall–Kier alpha value is -3.92. The van der Waals surface area contributed by atoms with E-state index in [9.17, 15) is 9.18 Å². The Bertz CT molecular complexity index is 1600. The Kier molecular flexibility index (Phi) is 6.97. The van der Waals surface area contributed by atoms with Gasteiger partial charge in [0.25, 0.3) is 5.91 Å². The third kappa shape index (κ3) is 5.05. The zero-order chi connectivity index (χ0) is 28.9. The minimum atomic E-state index is -0.657. The van der Waals surface area contributed by atoms with Gasteiger partial charge in [-0.25, -0.2) is 23.7 Å². The Morgan fingerprint density at radius 3 is 2.46 bits per heavy atom. The minimum Gasteiger partial charge on any atom is -0.342 e. The zero-order valence-corrected chi connectivity index (χ0v) is 23.9. The van der Waals surface area contributed by atoms with Gasteiger partial charge in [-0.2, -0.15) is 0 Å². The van der Waals surface area contributed by atoms with Crippen LogP contribution in [0.1, 0.15) is 55.7 Å². The molecule has 214 valence electrons. The molecule has 0 radical (unpaired) electrons. The average Bonchev–Trinajstić information content (AvgIpc) is 3.29. The van der Waals surface area contributed by atoms with Crippen molar-refractivity contribution in [1.29, 1.82) is 0 Å². The lowest BCUT2D eigenvalue weighted by molar-refractivity contribution is -0.0314. The van der Waals surface area contributed by atoms with Gasteiger partial charge in [0.2, 0.25) is 5.95 Å². The van der Waals surface area contributed by atoms with Crippen molar-refractivity contribution in [3.63, 3.8) is 0 Å². The first-order chi connectivity index (χ1) is 19.7. The molecule has 1 spiro atoms. The number of anilines is 2. The molecule has 2 aliphatic heterocycles. The van der Waals surface area contributed by atoms with Crippen LogP contribution in [0.3, 0.4) is 0 Å². The van der Waals surface area contributed by atoms with Crippen LogP contribution in [-0.4, -0.2) is 67.9 Å². The summed E-state index contributed by atoms with van der Waals surface area (Å²) in [6, 6.07) is 8.36. The molecule has 10 heteroatoms. The largest absolute Gasteiger partial charge is 0.342 e. The molecule has 41 heavy (non-hydrogen) atoms. The van der Waals surface area contributed by atoms with Gasteiger partial charge in [0, 0.05) is 47.4 Å². The Balaban J connectivity index is 1.17. The molecule has 6 rings (SSSR count). The van der Waals surface area contributed by atoms with Gasteiger partial charge >= 0.3 is 0 Å². The van der Waals surface area contributed by atoms with E-state index in [1.807, 2.05) is 30.2 Å². The molecule has 2 fully saturated rings. The van der Waals surface area contributed by atoms with E-state index in [0.717, 1.165) is 57.5 Å². The molecule has 3 aromatic heterocycles. The molecule has 0 unspecified atom stereocenters. The summed E-state index contributed by atoms with van der Waals surface area (Å²) in [6.07, 6.45) is 4.86. The van der Waals surface area contributed by atoms with Gasteiger partial charge < -0.3 is 19.7 Å². The van der Waals surface area contributed by atoms with E-state index in [4.69, 9.17) is 0 Å². The fourth-order valence-corrected chi connectivity index (χ4v) is 6.32. The number of aryl methyl sites for hydroxylation is 1. The third-order valence-electron chi connectivity index (χ3n) is 8.59. The lowest BCUT2D eigenvalue weighted by Gasteiger charge is -2.54. The molecule has 1 N–H and O–H groups in total. The van der Waals surface area contributed by atoms with Gasteiger partial charge in [-0.05, 0) is 83.6 Å². The molecular formula is C31H35F2N7O. The minimum absolute atomic E-state index is 0.0132. The predicted molar refractivity (Wildman–Crippen MR) is 155 cm³/mol. The maximum absolute atomic E-state index is 15.1. The summed E-state index contributed by atoms with van der Waals surface area (Å²) in [5, 5.41) is 3.47. The fraction of sp³-hybridized carbons (Fsp3) is 0.419. The van der Waals surface area contributed by atoms with Crippen molar-refractivity contribution in [3.8, 4) is 11.3 Å². The van der Waals surface area contributed by atoms with Crippen LogP contribution in [0.5, 0.6) is 0 Å². The van der Waals surface area contributed by atoms with Gasteiger partial charge in [0.15, 0.2) is 5.82 Å². The number of piperidine rings is 1. The Labute approximate surface area is 238 Å². The van der Waals surface area contributed by atoms with Gasteiger partial charge in [-0.3, -0.25) is 4.79 Å². The highest BCUT2D eigenvalue weighted by atomic mass is 19.1. The van der Waals surface area contributed by atoms with Gasteiger partial charge in [0.1, 0.15) is 17.3 Å². The standard InChI is InChI=1S/C31H35F2N7O/c1-5-38-10-8-31(9-11-38)17-39(18-31)29(41)21-6-7-27(34-15-21)36-30-35-16-25(33)28(37-30)22-13-24(32)23-12-20(4)40(19(2)3)26(23)14-22/h6-7,12-16,19H,5,8-11,17-18H2,1-4H3,(H,34,35,36,37). The molecule has 2 aliphatic rings. The van der Waals surface area contributed by atoms with Crippen LogP contribution in [0.2, 0.25) is 0 Å². The molecule has 0 aliphatic carbocycles. The van der Waals surface area contributed by atoms with Crippen molar-refractivity contribution in [2.45, 2.75) is 46.6 Å². The molecule has 5 heterocycles. The summed E-state index contributed by atoms with van der Waals surface area (Å²) in [7, 11) is 0. The molecule has 0 saturated carbocycles. The number of hydrogen-bond acceptors (Lipinski definition) is 6. The smallest absolute Gasteiger partial charge is 0.255 e. The second kappa shape index (κ2) is 10.5. The van der Waals surface area contributed by atoms with Crippen molar-refractivity contribution < 1.29 is 13.6 Å². The Morgan fingerprint density at radius 2 is 1.80 bits per heavy atom. The number of hydrogen-bond donors (Lipinski definition) is 1. The first-order valence-electron chi connectivity index (χ1n) is 14.2. The number of fused-ring (bicyclic) bond motifs is 1. The van der Waals surface area contributed by atoms with E-state index in [1.165, 1.54) is 12.3 Å². The summed E-state index contributed by atoms with van der Waals surface area (Å²) in [5.74, 6) is -0.583. The summed E-state index contributed by atoms with van der Waals surface area (Å²) in [4.78, 5) is 30.1. The number of carbonyl (C=O) groups excluding carboxylic acids is 1. The third-order valence-corrected chi connectivity index (χ3v) is 8.59. The van der Waals surface area contributed by atoms with Crippen LogP contribution in [-0.2, 0) is 0 Å². The summed E-state index contributed by atoms with van der Waals surface area (Å²) in [5.41, 5.74) is 2.69. The lowest BCUT2D eigenvalue weighted by Crippen LogP contribution is -2.61. The number of amides is 1. The van der Waals surface area contributed by atoms with Crippen molar-refractivity contribution in [1.82, 2.24) is 29.3 Å². The zero-order valence-electron chi connectivity index (χ0n) is 23.9. The topological polar surface area (TPSA) is 79.2 Å². The van der Waals surface area contributed by atoms with E-state index < -0.39 is 11.6 Å². The number of halogens is 2. The van der Waals surface area contributed by atoms with Crippen LogP contribution < -0.4 is 5.32 Å². The number of rotatable bonds is 6. The normalized spacial score (nSPS) is 16.9. The summed E-state index contributed by atoms with van der Waals surface area (Å²) < 4.78 is 31.9. The predicted octanol–water partition coefficient (Wildman–Crippen LogP) is 5.96. The van der Waals surface area contributed by atoms with Crippen LogP contribution >= 0.6 is 0 Å². The van der Waals surface area contributed by atoms with Crippen LogP contribution in [0.25, 0.3) is 22.2 Å². The number of aromatic nitrogens is 4. The lowest BCUT2D eigenvalue weighted by atomic mass is 9.72. The van der Waals surface area contributed by atoms with E-state index in [1.54, 1.807) is 24.3 Å². The van der Waals surface area contributed by atoms with Crippen LogP contribution in [0, 0.1) is 24.0 Å².